The van der Waals surface area contributed by atoms with Crippen molar-refractivity contribution in [3.8, 4) is 11.5 Å². The van der Waals surface area contributed by atoms with Crippen LogP contribution < -0.4 is 14.8 Å². The van der Waals surface area contributed by atoms with Crippen LogP contribution >= 0.6 is 0 Å². The van der Waals surface area contributed by atoms with Gasteiger partial charge in [0.2, 0.25) is 0 Å². The van der Waals surface area contributed by atoms with Crippen LogP contribution in [0.2, 0.25) is 0 Å². The summed E-state index contributed by atoms with van der Waals surface area (Å²) in [6.45, 7) is 1.23. The van der Waals surface area contributed by atoms with E-state index in [-0.39, 0.29) is 11.7 Å². The minimum absolute atomic E-state index is 0.00578. The van der Waals surface area contributed by atoms with Gasteiger partial charge in [0.15, 0.2) is 0 Å². The number of nitro groups is 1. The summed E-state index contributed by atoms with van der Waals surface area (Å²) in [4.78, 5) is 14.1. The number of fused-ring (bicyclic) bond motifs is 3. The molecule has 0 unspecified atom stereocenters. The average Bonchev–Trinajstić information content (AvgIpc) is 3.43. The fraction of sp³-hybridized carbons (Fsp3) is 0.261. The molecule has 2 aromatic heterocycles. The number of ether oxygens (including phenoxy) is 2. The predicted molar refractivity (Wildman–Crippen MR) is 119 cm³/mol. The van der Waals surface area contributed by atoms with Crippen molar-refractivity contribution in [1.29, 1.82) is 0 Å². The minimum Gasteiger partial charge on any atom is -0.497 e. The molecule has 0 bridgehead atoms. The standard InChI is InChI=1S/C23H23N5O4/c1-31-17-4-5-20-19(10-17)18-7-8-24-22(23(18)26-20)14-3-6-21(32-2)15(9-14)12-27-13-16(11-25-27)28(29)30/h3-6,9-11,13,22,24,26H,7-8,12H2,1-2H3/t22-/m1/s1. The summed E-state index contributed by atoms with van der Waals surface area (Å²) in [5.74, 6) is 1.55. The second kappa shape index (κ2) is 8.01. The molecule has 0 radical (unpaired) electrons. The summed E-state index contributed by atoms with van der Waals surface area (Å²) in [6.07, 6.45) is 3.61. The van der Waals surface area contributed by atoms with Gasteiger partial charge in [-0.3, -0.25) is 14.8 Å². The first-order chi connectivity index (χ1) is 15.6. The second-order valence-electron chi connectivity index (χ2n) is 7.79. The molecule has 1 atom stereocenters. The Bertz CT molecular complexity index is 1310. The molecule has 3 heterocycles. The maximum Gasteiger partial charge on any atom is 0.307 e. The normalized spacial score (nSPS) is 15.5. The molecule has 9 nitrogen and oxygen atoms in total. The van der Waals surface area contributed by atoms with E-state index in [1.165, 1.54) is 23.3 Å². The summed E-state index contributed by atoms with van der Waals surface area (Å²) < 4.78 is 12.5. The SMILES string of the molecule is COc1ccc2[nH]c3c(c2c1)CCN[C@@H]3c1ccc(OC)c(Cn2cc([N+](=O)[O-])cn2)c1. The molecule has 4 aromatic rings. The first kappa shape index (κ1) is 20.1. The molecule has 0 saturated heterocycles. The zero-order valence-electron chi connectivity index (χ0n) is 17.8. The molecule has 1 aliphatic rings. The highest BCUT2D eigenvalue weighted by Crippen LogP contribution is 2.36. The molecule has 2 N–H and O–H groups in total. The van der Waals surface area contributed by atoms with E-state index in [1.54, 1.807) is 18.9 Å². The Hall–Kier alpha value is -3.85. The molecular formula is C23H23N5O4. The smallest absolute Gasteiger partial charge is 0.307 e. The van der Waals surface area contributed by atoms with Crippen LogP contribution in [0, 0.1) is 10.1 Å². The molecule has 0 saturated carbocycles. The van der Waals surface area contributed by atoms with Gasteiger partial charge < -0.3 is 19.8 Å². The number of methoxy groups -OCH3 is 2. The summed E-state index contributed by atoms with van der Waals surface area (Å²) in [6, 6.07) is 12.1. The third-order valence-corrected chi connectivity index (χ3v) is 5.96. The monoisotopic (exact) mass is 433 g/mol. The molecule has 164 valence electrons. The zero-order chi connectivity index (χ0) is 22.2. The number of rotatable bonds is 6. The lowest BCUT2D eigenvalue weighted by Crippen LogP contribution is -2.30. The van der Waals surface area contributed by atoms with Gasteiger partial charge in [-0.1, -0.05) is 6.07 Å². The third kappa shape index (κ3) is 3.46. The zero-order valence-corrected chi connectivity index (χ0v) is 17.8. The molecule has 0 fully saturated rings. The van der Waals surface area contributed by atoms with Crippen LogP contribution in [-0.4, -0.2) is 40.5 Å². The van der Waals surface area contributed by atoms with Crippen LogP contribution in [0.15, 0.2) is 48.8 Å². The minimum atomic E-state index is -0.449. The topological polar surface area (TPSA) is 107 Å². The summed E-state index contributed by atoms with van der Waals surface area (Å²) in [5.41, 5.74) is 5.47. The fourth-order valence-corrected chi connectivity index (χ4v) is 4.43. The third-order valence-electron chi connectivity index (χ3n) is 5.96. The van der Waals surface area contributed by atoms with Crippen molar-refractivity contribution >= 4 is 16.6 Å². The molecule has 0 spiro atoms. The molecule has 32 heavy (non-hydrogen) atoms. The molecule has 1 aliphatic heterocycles. The number of aromatic amines is 1. The van der Waals surface area contributed by atoms with Crippen molar-refractivity contribution in [2.45, 2.75) is 19.0 Å². The molecule has 5 rings (SSSR count). The van der Waals surface area contributed by atoms with Crippen molar-refractivity contribution in [2.75, 3.05) is 20.8 Å². The van der Waals surface area contributed by atoms with Gasteiger partial charge in [-0.15, -0.1) is 0 Å². The summed E-state index contributed by atoms with van der Waals surface area (Å²) >= 11 is 0. The molecule has 2 aromatic carbocycles. The van der Waals surface area contributed by atoms with Gasteiger partial charge in [0, 0.05) is 28.7 Å². The van der Waals surface area contributed by atoms with Gasteiger partial charge in [0.25, 0.3) is 0 Å². The van der Waals surface area contributed by atoms with E-state index in [1.807, 2.05) is 24.3 Å². The van der Waals surface area contributed by atoms with Gasteiger partial charge in [0.1, 0.15) is 23.9 Å². The van der Waals surface area contributed by atoms with E-state index >= 15 is 0 Å². The van der Waals surface area contributed by atoms with Crippen molar-refractivity contribution in [2.24, 2.45) is 0 Å². The van der Waals surface area contributed by atoms with Gasteiger partial charge in [-0.25, -0.2) is 0 Å². The summed E-state index contributed by atoms with van der Waals surface area (Å²) in [5, 5.41) is 19.9. The summed E-state index contributed by atoms with van der Waals surface area (Å²) in [7, 11) is 3.30. The number of aromatic nitrogens is 3. The Balaban J connectivity index is 1.53. The highest BCUT2D eigenvalue weighted by Gasteiger charge is 2.26. The van der Waals surface area contributed by atoms with Gasteiger partial charge >= 0.3 is 5.69 Å². The molecular weight excluding hydrogens is 410 g/mol. The lowest BCUT2D eigenvalue weighted by atomic mass is 9.93. The quantitative estimate of drug-likeness (QED) is 0.356. The van der Waals surface area contributed by atoms with E-state index in [2.05, 4.69) is 27.5 Å². The Labute approximate surface area is 184 Å². The number of H-pyrrole nitrogens is 1. The van der Waals surface area contributed by atoms with Crippen LogP contribution in [0.1, 0.15) is 28.4 Å². The van der Waals surface area contributed by atoms with Crippen molar-refractivity contribution < 1.29 is 14.4 Å². The van der Waals surface area contributed by atoms with Crippen LogP contribution in [0.4, 0.5) is 5.69 Å². The van der Waals surface area contributed by atoms with E-state index in [4.69, 9.17) is 9.47 Å². The lowest BCUT2D eigenvalue weighted by Gasteiger charge is -2.25. The van der Waals surface area contributed by atoms with Crippen LogP contribution in [-0.2, 0) is 13.0 Å². The van der Waals surface area contributed by atoms with E-state index < -0.39 is 4.92 Å². The van der Waals surface area contributed by atoms with Gasteiger partial charge in [-0.05, 0) is 47.9 Å². The van der Waals surface area contributed by atoms with Crippen molar-refractivity contribution in [3.63, 3.8) is 0 Å². The van der Waals surface area contributed by atoms with Gasteiger partial charge in [-0.2, -0.15) is 5.10 Å². The van der Waals surface area contributed by atoms with E-state index in [0.717, 1.165) is 41.1 Å². The van der Waals surface area contributed by atoms with Crippen LogP contribution in [0.3, 0.4) is 0 Å². The fourth-order valence-electron chi connectivity index (χ4n) is 4.43. The largest absolute Gasteiger partial charge is 0.497 e. The lowest BCUT2D eigenvalue weighted by molar-refractivity contribution is -0.385. The number of hydrogen-bond acceptors (Lipinski definition) is 6. The highest BCUT2D eigenvalue weighted by molar-refractivity contribution is 5.86. The van der Waals surface area contributed by atoms with E-state index in [0.29, 0.717) is 12.3 Å². The number of hydrogen-bond donors (Lipinski definition) is 2. The predicted octanol–water partition coefficient (Wildman–Crippen LogP) is 3.57. The Morgan fingerprint density at radius 2 is 2.09 bits per heavy atom. The van der Waals surface area contributed by atoms with Crippen LogP contribution in [0.25, 0.3) is 10.9 Å². The Morgan fingerprint density at radius 1 is 1.22 bits per heavy atom. The Kier molecular flexibility index (Phi) is 5.02. The molecule has 0 aliphatic carbocycles. The first-order valence-electron chi connectivity index (χ1n) is 10.3. The number of benzene rings is 2. The molecule has 0 amide bonds. The van der Waals surface area contributed by atoms with Crippen LogP contribution in [0.5, 0.6) is 11.5 Å². The number of nitrogens with one attached hydrogen (secondary N) is 2. The van der Waals surface area contributed by atoms with Gasteiger partial charge in [0.05, 0.1) is 31.7 Å². The maximum atomic E-state index is 11.0. The van der Waals surface area contributed by atoms with E-state index in [9.17, 15) is 10.1 Å². The maximum absolute atomic E-state index is 11.0. The first-order valence-corrected chi connectivity index (χ1v) is 10.3. The Morgan fingerprint density at radius 3 is 2.84 bits per heavy atom. The van der Waals surface area contributed by atoms with Crippen molar-refractivity contribution in [3.05, 3.63) is 81.3 Å². The number of nitrogens with zero attached hydrogens (tertiary/aromatic N) is 3. The highest BCUT2D eigenvalue weighted by atomic mass is 16.6. The second-order valence-corrected chi connectivity index (χ2v) is 7.79. The molecule has 9 heteroatoms. The average molecular weight is 433 g/mol. The van der Waals surface area contributed by atoms with Crippen molar-refractivity contribution in [1.82, 2.24) is 20.1 Å².